The van der Waals surface area contributed by atoms with Crippen molar-refractivity contribution in [3.63, 3.8) is 0 Å². The zero-order chi connectivity index (χ0) is 15.1. The Balaban J connectivity index is 2.90. The van der Waals surface area contributed by atoms with Crippen molar-refractivity contribution in [2.24, 2.45) is 5.73 Å². The van der Waals surface area contributed by atoms with Crippen LogP contribution in [0.2, 0.25) is 0 Å². The third-order valence-electron chi connectivity index (χ3n) is 3.31. The normalized spacial score (nSPS) is 12.7. The summed E-state index contributed by atoms with van der Waals surface area (Å²) in [5.74, 6) is -0.0288. The molecular formula is C14H25N3O2S. The highest BCUT2D eigenvalue weighted by Crippen LogP contribution is 2.19. The number of ether oxygens (including phenoxy) is 1. The Kier molecular flexibility index (Phi) is 7.12. The van der Waals surface area contributed by atoms with E-state index >= 15 is 0 Å². The molecule has 0 aliphatic carbocycles. The van der Waals surface area contributed by atoms with Gasteiger partial charge in [0.15, 0.2) is 0 Å². The largest absolute Gasteiger partial charge is 0.383 e. The average Bonchev–Trinajstić information content (AvgIpc) is 2.92. The second kappa shape index (κ2) is 8.34. The zero-order valence-electron chi connectivity index (χ0n) is 12.8. The van der Waals surface area contributed by atoms with Gasteiger partial charge >= 0.3 is 0 Å². The van der Waals surface area contributed by atoms with E-state index in [4.69, 9.17) is 10.5 Å². The SMILES string of the molecule is CCC(CC)N(CCOC)C(=O)c1csc(C(C)N)n1. The molecule has 1 aromatic heterocycles. The molecule has 6 heteroatoms. The summed E-state index contributed by atoms with van der Waals surface area (Å²) in [6.07, 6.45) is 1.85. The molecule has 0 aromatic carbocycles. The summed E-state index contributed by atoms with van der Waals surface area (Å²) >= 11 is 1.44. The predicted molar refractivity (Wildman–Crippen MR) is 82.0 cm³/mol. The summed E-state index contributed by atoms with van der Waals surface area (Å²) in [6.45, 7) is 7.18. The van der Waals surface area contributed by atoms with Gasteiger partial charge < -0.3 is 15.4 Å². The van der Waals surface area contributed by atoms with E-state index < -0.39 is 0 Å². The lowest BCUT2D eigenvalue weighted by Gasteiger charge is -2.29. The smallest absolute Gasteiger partial charge is 0.273 e. The van der Waals surface area contributed by atoms with E-state index in [0.717, 1.165) is 17.8 Å². The minimum atomic E-state index is -0.137. The molecule has 1 amide bonds. The monoisotopic (exact) mass is 299 g/mol. The van der Waals surface area contributed by atoms with Gasteiger partial charge in [-0.1, -0.05) is 13.8 Å². The molecule has 0 saturated heterocycles. The molecule has 1 unspecified atom stereocenters. The first-order valence-corrected chi connectivity index (χ1v) is 7.93. The highest BCUT2D eigenvalue weighted by molar-refractivity contribution is 7.09. The summed E-state index contributed by atoms with van der Waals surface area (Å²) in [5.41, 5.74) is 6.29. The molecule has 1 heterocycles. The fourth-order valence-electron chi connectivity index (χ4n) is 2.11. The van der Waals surface area contributed by atoms with Crippen molar-refractivity contribution in [1.82, 2.24) is 9.88 Å². The minimum Gasteiger partial charge on any atom is -0.383 e. The summed E-state index contributed by atoms with van der Waals surface area (Å²) in [7, 11) is 1.65. The summed E-state index contributed by atoms with van der Waals surface area (Å²) in [6, 6.07) is 0.0835. The van der Waals surface area contributed by atoms with Crippen LogP contribution in [-0.2, 0) is 4.74 Å². The number of hydrogen-bond acceptors (Lipinski definition) is 5. The van der Waals surface area contributed by atoms with Gasteiger partial charge in [-0.2, -0.15) is 0 Å². The van der Waals surface area contributed by atoms with E-state index in [1.54, 1.807) is 12.5 Å². The molecule has 2 N–H and O–H groups in total. The van der Waals surface area contributed by atoms with Gasteiger partial charge in [0.25, 0.3) is 5.91 Å². The fraction of sp³-hybridized carbons (Fsp3) is 0.714. The van der Waals surface area contributed by atoms with Crippen molar-refractivity contribution < 1.29 is 9.53 Å². The number of nitrogens with zero attached hydrogens (tertiary/aromatic N) is 2. The second-order valence-electron chi connectivity index (χ2n) is 4.82. The molecule has 0 aliphatic rings. The van der Waals surface area contributed by atoms with Crippen molar-refractivity contribution in [1.29, 1.82) is 0 Å². The van der Waals surface area contributed by atoms with E-state index in [2.05, 4.69) is 18.8 Å². The average molecular weight is 299 g/mol. The Hall–Kier alpha value is -0.980. The van der Waals surface area contributed by atoms with Gasteiger partial charge in [0.2, 0.25) is 0 Å². The number of aromatic nitrogens is 1. The molecule has 0 spiro atoms. The molecule has 0 aliphatic heterocycles. The number of rotatable bonds is 8. The van der Waals surface area contributed by atoms with Crippen LogP contribution in [0.25, 0.3) is 0 Å². The summed E-state index contributed by atoms with van der Waals surface area (Å²) in [5, 5.41) is 2.59. The molecule has 1 atom stereocenters. The van der Waals surface area contributed by atoms with Gasteiger partial charge in [-0.15, -0.1) is 11.3 Å². The van der Waals surface area contributed by atoms with E-state index in [0.29, 0.717) is 18.8 Å². The Bertz CT molecular complexity index is 416. The number of hydrogen-bond donors (Lipinski definition) is 1. The van der Waals surface area contributed by atoms with Crippen LogP contribution in [0, 0.1) is 0 Å². The topological polar surface area (TPSA) is 68.5 Å². The van der Waals surface area contributed by atoms with Gasteiger partial charge in [0, 0.05) is 25.1 Å². The molecule has 0 radical (unpaired) electrons. The maximum absolute atomic E-state index is 12.6. The first-order chi connectivity index (χ1) is 9.54. The third kappa shape index (κ3) is 4.26. The van der Waals surface area contributed by atoms with Crippen molar-refractivity contribution in [2.75, 3.05) is 20.3 Å². The lowest BCUT2D eigenvalue weighted by atomic mass is 10.1. The predicted octanol–water partition coefficient (Wildman–Crippen LogP) is 2.44. The molecule has 1 aromatic rings. The number of amides is 1. The first-order valence-electron chi connectivity index (χ1n) is 7.05. The molecular weight excluding hydrogens is 274 g/mol. The molecule has 5 nitrogen and oxygen atoms in total. The molecule has 0 saturated carbocycles. The number of methoxy groups -OCH3 is 1. The van der Waals surface area contributed by atoms with Crippen LogP contribution in [0.3, 0.4) is 0 Å². The van der Waals surface area contributed by atoms with Gasteiger partial charge in [0.1, 0.15) is 10.7 Å². The van der Waals surface area contributed by atoms with Crippen molar-refractivity contribution in [3.05, 3.63) is 16.1 Å². The zero-order valence-corrected chi connectivity index (χ0v) is 13.6. The lowest BCUT2D eigenvalue weighted by Crippen LogP contribution is -2.42. The van der Waals surface area contributed by atoms with Crippen molar-refractivity contribution in [3.8, 4) is 0 Å². The van der Waals surface area contributed by atoms with Crippen molar-refractivity contribution >= 4 is 17.2 Å². The number of thiazole rings is 1. The number of nitrogens with two attached hydrogens (primary N) is 1. The highest BCUT2D eigenvalue weighted by Gasteiger charge is 2.24. The quantitative estimate of drug-likeness (QED) is 0.800. The van der Waals surface area contributed by atoms with E-state index in [1.807, 2.05) is 11.8 Å². The second-order valence-corrected chi connectivity index (χ2v) is 5.71. The van der Waals surface area contributed by atoms with Gasteiger partial charge in [-0.25, -0.2) is 4.98 Å². The Morgan fingerprint density at radius 2 is 2.15 bits per heavy atom. The lowest BCUT2D eigenvalue weighted by molar-refractivity contribution is 0.0584. The van der Waals surface area contributed by atoms with Crippen LogP contribution in [0.5, 0.6) is 0 Å². The van der Waals surface area contributed by atoms with E-state index in [9.17, 15) is 4.79 Å². The molecule has 0 fully saturated rings. The number of carbonyl (C=O) groups is 1. The van der Waals surface area contributed by atoms with Crippen LogP contribution < -0.4 is 5.73 Å². The van der Waals surface area contributed by atoms with Crippen LogP contribution in [0.4, 0.5) is 0 Å². The van der Waals surface area contributed by atoms with Crippen LogP contribution in [-0.4, -0.2) is 42.1 Å². The standard InChI is InChI=1S/C14H25N3O2S/c1-5-11(6-2)17(7-8-19-4)14(18)12-9-20-13(16-12)10(3)15/h9-11H,5-8,15H2,1-4H3. The first kappa shape index (κ1) is 17.1. The molecule has 20 heavy (non-hydrogen) atoms. The van der Waals surface area contributed by atoms with Crippen molar-refractivity contribution in [2.45, 2.75) is 45.7 Å². The fourth-order valence-corrected chi connectivity index (χ4v) is 2.86. The highest BCUT2D eigenvalue weighted by atomic mass is 32.1. The number of carbonyl (C=O) groups excluding carboxylic acids is 1. The maximum atomic E-state index is 12.6. The van der Waals surface area contributed by atoms with E-state index in [-0.39, 0.29) is 18.0 Å². The Morgan fingerprint density at radius 3 is 2.60 bits per heavy atom. The van der Waals surface area contributed by atoms with Crippen LogP contribution in [0.1, 0.15) is 55.2 Å². The molecule has 1 rings (SSSR count). The third-order valence-corrected chi connectivity index (χ3v) is 4.36. The Morgan fingerprint density at radius 1 is 1.50 bits per heavy atom. The minimum absolute atomic E-state index is 0.0288. The summed E-state index contributed by atoms with van der Waals surface area (Å²) in [4.78, 5) is 18.8. The van der Waals surface area contributed by atoms with Crippen LogP contribution >= 0.6 is 11.3 Å². The molecule has 114 valence electrons. The van der Waals surface area contributed by atoms with E-state index in [1.165, 1.54) is 11.3 Å². The van der Waals surface area contributed by atoms with Gasteiger partial charge in [-0.3, -0.25) is 4.79 Å². The maximum Gasteiger partial charge on any atom is 0.273 e. The molecule has 0 bridgehead atoms. The summed E-state index contributed by atoms with van der Waals surface area (Å²) < 4.78 is 5.11. The van der Waals surface area contributed by atoms with Crippen LogP contribution in [0.15, 0.2) is 5.38 Å². The Labute approximate surface area is 125 Å². The van der Waals surface area contributed by atoms with Gasteiger partial charge in [0.05, 0.1) is 12.6 Å². The van der Waals surface area contributed by atoms with Gasteiger partial charge in [-0.05, 0) is 19.8 Å².